The van der Waals surface area contributed by atoms with Crippen LogP contribution in [-0.2, 0) is 37.8 Å². The summed E-state index contributed by atoms with van der Waals surface area (Å²) in [6, 6.07) is 25.0. The van der Waals surface area contributed by atoms with Crippen molar-refractivity contribution < 1.29 is 29.0 Å². The second-order valence-electron chi connectivity index (χ2n) is 13.3. The summed E-state index contributed by atoms with van der Waals surface area (Å²) in [5, 5.41) is 9.77. The van der Waals surface area contributed by atoms with Crippen molar-refractivity contribution in [1.29, 1.82) is 0 Å². The lowest BCUT2D eigenvalue weighted by Gasteiger charge is -2.32. The monoisotopic (exact) mass is 641 g/mol. The molecule has 3 aromatic carbocycles. The summed E-state index contributed by atoms with van der Waals surface area (Å²) < 4.78 is 6.84. The molecule has 3 heterocycles. The molecular formula is C36H43N3O6Si. The highest BCUT2D eigenvalue weighted by Crippen LogP contribution is 2.59. The van der Waals surface area contributed by atoms with E-state index in [9.17, 15) is 24.3 Å². The minimum Gasteiger partial charge on any atom is -0.432 e. The third-order valence-electron chi connectivity index (χ3n) is 9.87. The molecule has 1 spiro atoms. The number of carbonyl (C=O) groups is 3. The Bertz CT molecular complexity index is 1590. The Morgan fingerprint density at radius 1 is 1.00 bits per heavy atom. The van der Waals surface area contributed by atoms with Gasteiger partial charge in [-0.1, -0.05) is 67.6 Å². The first-order valence-electron chi connectivity index (χ1n) is 16.2. The first-order chi connectivity index (χ1) is 22.0. The Labute approximate surface area is 271 Å². The molecule has 2 saturated heterocycles. The molecule has 10 heteroatoms. The Morgan fingerprint density at radius 2 is 1.70 bits per heavy atom. The summed E-state index contributed by atoms with van der Waals surface area (Å²) in [6.45, 7) is 7.04. The summed E-state index contributed by atoms with van der Waals surface area (Å²) in [7, 11) is -2.96. The van der Waals surface area contributed by atoms with E-state index in [1.807, 2.05) is 98.9 Å². The molecule has 46 heavy (non-hydrogen) atoms. The van der Waals surface area contributed by atoms with Crippen LogP contribution in [0.15, 0.2) is 78.9 Å². The molecule has 4 atom stereocenters. The normalized spacial score (nSPS) is 24.2. The number of anilines is 2. The van der Waals surface area contributed by atoms with E-state index in [0.717, 1.165) is 34.5 Å². The molecule has 3 amide bonds. The highest BCUT2D eigenvalue weighted by atomic mass is 28.4. The van der Waals surface area contributed by atoms with Crippen molar-refractivity contribution >= 4 is 37.4 Å². The Morgan fingerprint density at radius 3 is 2.35 bits per heavy atom. The molecule has 6 rings (SSSR count). The maximum absolute atomic E-state index is 14.7. The SMILES string of the molecule is C[C@H]1[C@H]([Si](C)(C)O)[C@@H](CC(=O)N(CCO)Cc2ccccc2)O[C@]12C(=O)N(Cc1ccc(N3CCCC3=O)cc1)c1ccccc12. The van der Waals surface area contributed by atoms with Gasteiger partial charge in [-0.2, -0.15) is 0 Å². The fourth-order valence-corrected chi connectivity index (χ4v) is 10.3. The molecule has 2 fully saturated rings. The lowest BCUT2D eigenvalue weighted by molar-refractivity contribution is -0.150. The summed E-state index contributed by atoms with van der Waals surface area (Å²) in [5.74, 6) is -0.653. The number of nitrogens with zero attached hydrogens (tertiary/aromatic N) is 3. The number of aliphatic hydroxyl groups excluding tert-OH is 1. The van der Waals surface area contributed by atoms with E-state index in [1.165, 1.54) is 0 Å². The van der Waals surface area contributed by atoms with Crippen molar-refractivity contribution in [3.8, 4) is 0 Å². The number of para-hydroxylation sites is 1. The van der Waals surface area contributed by atoms with Crippen molar-refractivity contribution in [2.75, 3.05) is 29.5 Å². The molecule has 3 aliphatic rings. The van der Waals surface area contributed by atoms with E-state index in [4.69, 9.17) is 4.74 Å². The molecule has 242 valence electrons. The molecule has 0 aliphatic carbocycles. The van der Waals surface area contributed by atoms with Gasteiger partial charge in [0.1, 0.15) is 0 Å². The van der Waals surface area contributed by atoms with E-state index < -0.39 is 25.6 Å². The van der Waals surface area contributed by atoms with E-state index in [2.05, 4.69) is 0 Å². The number of rotatable bonds is 10. The van der Waals surface area contributed by atoms with Crippen LogP contribution in [0.1, 0.15) is 42.9 Å². The Hall–Kier alpha value is -3.83. The molecule has 0 radical (unpaired) electrons. The van der Waals surface area contributed by atoms with Gasteiger partial charge in [0.2, 0.25) is 11.8 Å². The maximum atomic E-state index is 14.7. The summed E-state index contributed by atoms with van der Waals surface area (Å²) >= 11 is 0. The fourth-order valence-electron chi connectivity index (χ4n) is 7.79. The summed E-state index contributed by atoms with van der Waals surface area (Å²) in [6.07, 6.45) is 0.731. The molecule has 3 aliphatic heterocycles. The second-order valence-corrected chi connectivity index (χ2v) is 17.3. The minimum absolute atomic E-state index is 0.00723. The van der Waals surface area contributed by atoms with Crippen LogP contribution in [0.5, 0.6) is 0 Å². The number of fused-ring (bicyclic) bond motifs is 2. The third-order valence-corrected chi connectivity index (χ3v) is 12.4. The van der Waals surface area contributed by atoms with Gasteiger partial charge >= 0.3 is 0 Å². The first kappa shape index (κ1) is 32.1. The predicted octanol–water partition coefficient (Wildman–Crippen LogP) is 4.57. The summed E-state index contributed by atoms with van der Waals surface area (Å²) in [5.41, 5.74) is 2.50. The topological polar surface area (TPSA) is 111 Å². The van der Waals surface area contributed by atoms with Gasteiger partial charge in [0, 0.05) is 48.8 Å². The Balaban J connectivity index is 1.28. The highest BCUT2D eigenvalue weighted by molar-refractivity contribution is 6.71. The number of carbonyl (C=O) groups excluding carboxylic acids is 3. The largest absolute Gasteiger partial charge is 0.432 e. The molecular weight excluding hydrogens is 598 g/mol. The van der Waals surface area contributed by atoms with Crippen molar-refractivity contribution in [3.05, 3.63) is 95.6 Å². The number of hydrogen-bond donors (Lipinski definition) is 2. The smallest absolute Gasteiger partial charge is 0.264 e. The van der Waals surface area contributed by atoms with Crippen molar-refractivity contribution in [2.24, 2.45) is 5.92 Å². The number of ether oxygens (including phenoxy) is 1. The van der Waals surface area contributed by atoms with Gasteiger partial charge in [0.05, 0.1) is 31.4 Å². The zero-order valence-electron chi connectivity index (χ0n) is 26.8. The van der Waals surface area contributed by atoms with Gasteiger partial charge in [-0.05, 0) is 48.8 Å². The standard InChI is InChI=1S/C36H43N3O6Si/c1-25-34(46(2,3)44)31(22-33(42)37(20-21-40)23-26-10-5-4-6-11-26)45-36(25)29-12-7-8-13-30(29)39(35(36)43)24-27-15-17-28(18-16-27)38-19-9-14-32(38)41/h4-8,10-13,15-18,25,31,34,40,44H,9,14,19-24H2,1-3H3/t25-,31+,34-,36+/m0/s1. The molecule has 0 unspecified atom stereocenters. The molecule has 2 N–H and O–H groups in total. The van der Waals surface area contributed by atoms with Crippen LogP contribution in [0.3, 0.4) is 0 Å². The van der Waals surface area contributed by atoms with Gasteiger partial charge in [-0.25, -0.2) is 0 Å². The first-order valence-corrected chi connectivity index (χ1v) is 19.2. The van der Waals surface area contributed by atoms with E-state index in [1.54, 1.807) is 14.7 Å². The van der Waals surface area contributed by atoms with Gasteiger partial charge in [0.25, 0.3) is 5.91 Å². The van der Waals surface area contributed by atoms with Crippen LogP contribution in [-0.4, -0.2) is 66.6 Å². The number of hydrogen-bond acceptors (Lipinski definition) is 6. The molecule has 9 nitrogen and oxygen atoms in total. The van der Waals surface area contributed by atoms with Crippen LogP contribution in [0.2, 0.25) is 18.6 Å². The average Bonchev–Trinajstić information content (AvgIpc) is 3.67. The van der Waals surface area contributed by atoms with Crippen molar-refractivity contribution in [1.82, 2.24) is 4.90 Å². The van der Waals surface area contributed by atoms with Crippen LogP contribution < -0.4 is 9.80 Å². The van der Waals surface area contributed by atoms with Crippen LogP contribution in [0, 0.1) is 5.92 Å². The van der Waals surface area contributed by atoms with Crippen LogP contribution >= 0.6 is 0 Å². The predicted molar refractivity (Wildman–Crippen MR) is 178 cm³/mol. The van der Waals surface area contributed by atoms with Gasteiger partial charge in [-0.3, -0.25) is 14.4 Å². The van der Waals surface area contributed by atoms with Gasteiger partial charge in [-0.15, -0.1) is 0 Å². The van der Waals surface area contributed by atoms with E-state index in [-0.39, 0.29) is 43.2 Å². The quantitative estimate of drug-likeness (QED) is 0.314. The maximum Gasteiger partial charge on any atom is 0.264 e. The molecule has 0 saturated carbocycles. The van der Waals surface area contributed by atoms with Crippen LogP contribution in [0.25, 0.3) is 0 Å². The number of amides is 3. The third kappa shape index (κ3) is 5.79. The minimum atomic E-state index is -2.96. The molecule has 0 aromatic heterocycles. The fraction of sp³-hybridized carbons (Fsp3) is 0.417. The zero-order chi connectivity index (χ0) is 32.6. The highest BCUT2D eigenvalue weighted by Gasteiger charge is 2.66. The lowest BCUT2D eigenvalue weighted by atomic mass is 9.82. The van der Waals surface area contributed by atoms with Crippen molar-refractivity contribution in [3.63, 3.8) is 0 Å². The molecule has 0 bridgehead atoms. The van der Waals surface area contributed by atoms with Gasteiger partial charge in [0.15, 0.2) is 13.9 Å². The number of aliphatic hydroxyl groups is 1. The van der Waals surface area contributed by atoms with Gasteiger partial charge < -0.3 is 29.3 Å². The Kier molecular flexibility index (Phi) is 8.91. The number of benzene rings is 3. The molecule has 3 aromatic rings. The second kappa shape index (κ2) is 12.8. The van der Waals surface area contributed by atoms with Crippen molar-refractivity contribution in [2.45, 2.75) is 69.6 Å². The van der Waals surface area contributed by atoms with E-state index >= 15 is 0 Å². The average molecular weight is 642 g/mol. The lowest BCUT2D eigenvalue weighted by Crippen LogP contribution is -2.46. The summed E-state index contributed by atoms with van der Waals surface area (Å²) in [4.78, 5) is 57.5. The van der Waals surface area contributed by atoms with E-state index in [0.29, 0.717) is 26.1 Å². The van der Waals surface area contributed by atoms with Crippen LogP contribution in [0.4, 0.5) is 11.4 Å². The zero-order valence-corrected chi connectivity index (χ0v) is 27.8.